The SMILES string of the molecule is C#CCN(c1cc(OC(C)(C)C)cc(OC(C)(C)C)c1)c1ccc2ncc(-c3cnn(C(C)C)c3)nc2c1. The van der Waals surface area contributed by atoms with Gasteiger partial charge >= 0.3 is 0 Å². The molecule has 38 heavy (non-hydrogen) atoms. The van der Waals surface area contributed by atoms with Crippen molar-refractivity contribution >= 4 is 22.4 Å². The molecule has 0 N–H and O–H groups in total. The van der Waals surface area contributed by atoms with Crippen LogP contribution in [-0.2, 0) is 0 Å². The zero-order valence-electron chi connectivity index (χ0n) is 23.6. The lowest BCUT2D eigenvalue weighted by Crippen LogP contribution is -2.25. The minimum Gasteiger partial charge on any atom is -0.488 e. The van der Waals surface area contributed by atoms with Gasteiger partial charge in [-0.25, -0.2) is 4.98 Å². The third kappa shape index (κ3) is 6.63. The summed E-state index contributed by atoms with van der Waals surface area (Å²) in [7, 11) is 0. The summed E-state index contributed by atoms with van der Waals surface area (Å²) in [6.45, 7) is 16.7. The molecular weight excluding hydrogens is 474 g/mol. The molecule has 0 radical (unpaired) electrons. The highest BCUT2D eigenvalue weighted by Gasteiger charge is 2.19. The van der Waals surface area contributed by atoms with Crippen molar-refractivity contribution in [3.8, 4) is 35.1 Å². The molecule has 0 saturated heterocycles. The van der Waals surface area contributed by atoms with Crippen LogP contribution in [0.4, 0.5) is 11.4 Å². The lowest BCUT2D eigenvalue weighted by molar-refractivity contribution is 0.121. The van der Waals surface area contributed by atoms with E-state index in [2.05, 4.69) is 34.8 Å². The van der Waals surface area contributed by atoms with Crippen LogP contribution in [0.2, 0.25) is 0 Å². The number of benzene rings is 2. The van der Waals surface area contributed by atoms with Crippen LogP contribution < -0.4 is 14.4 Å². The van der Waals surface area contributed by atoms with Crippen molar-refractivity contribution in [2.45, 2.75) is 72.6 Å². The lowest BCUT2D eigenvalue weighted by Gasteiger charge is -2.28. The average Bonchev–Trinajstić information content (AvgIpc) is 3.30. The van der Waals surface area contributed by atoms with Crippen LogP contribution in [-0.4, -0.2) is 37.5 Å². The normalized spacial score (nSPS) is 12.0. The Balaban J connectivity index is 1.78. The Bertz CT molecular complexity index is 1430. The zero-order chi connectivity index (χ0) is 27.7. The Morgan fingerprint density at radius 3 is 2.11 bits per heavy atom. The summed E-state index contributed by atoms with van der Waals surface area (Å²) in [5, 5.41) is 4.44. The van der Waals surface area contributed by atoms with Crippen molar-refractivity contribution in [2.75, 3.05) is 11.4 Å². The van der Waals surface area contributed by atoms with Gasteiger partial charge < -0.3 is 14.4 Å². The Morgan fingerprint density at radius 1 is 0.895 bits per heavy atom. The summed E-state index contributed by atoms with van der Waals surface area (Å²) in [5.41, 5.74) is 4.30. The maximum Gasteiger partial charge on any atom is 0.125 e. The van der Waals surface area contributed by atoms with Gasteiger partial charge in [-0.3, -0.25) is 9.67 Å². The van der Waals surface area contributed by atoms with Gasteiger partial charge in [0.25, 0.3) is 0 Å². The topological polar surface area (TPSA) is 65.3 Å². The number of anilines is 2. The molecule has 0 unspecified atom stereocenters. The predicted octanol–water partition coefficient (Wildman–Crippen LogP) is 7.20. The maximum atomic E-state index is 6.23. The zero-order valence-corrected chi connectivity index (χ0v) is 23.6. The van der Waals surface area contributed by atoms with Crippen molar-refractivity contribution in [1.82, 2.24) is 19.7 Å². The molecule has 4 rings (SSSR count). The van der Waals surface area contributed by atoms with Crippen LogP contribution in [0, 0.1) is 12.3 Å². The van der Waals surface area contributed by atoms with E-state index in [1.165, 1.54) is 0 Å². The van der Waals surface area contributed by atoms with Crippen molar-refractivity contribution in [3.05, 3.63) is 55.0 Å². The molecular formula is C31H37N5O2. The van der Waals surface area contributed by atoms with E-state index in [0.29, 0.717) is 18.0 Å². The highest BCUT2D eigenvalue weighted by molar-refractivity contribution is 5.83. The van der Waals surface area contributed by atoms with Crippen LogP contribution in [0.15, 0.2) is 55.0 Å². The molecule has 7 nitrogen and oxygen atoms in total. The Hall–Kier alpha value is -4.05. The van der Waals surface area contributed by atoms with E-state index in [1.54, 1.807) is 6.20 Å². The van der Waals surface area contributed by atoms with Crippen molar-refractivity contribution in [1.29, 1.82) is 0 Å². The molecule has 0 fully saturated rings. The average molecular weight is 512 g/mol. The Kier molecular flexibility index (Phi) is 7.37. The Morgan fingerprint density at radius 2 is 1.55 bits per heavy atom. The number of rotatable bonds is 7. The van der Waals surface area contributed by atoms with Crippen LogP contribution in [0.25, 0.3) is 22.3 Å². The molecule has 0 spiro atoms. The number of aromatic nitrogens is 4. The van der Waals surface area contributed by atoms with E-state index >= 15 is 0 Å². The second-order valence-electron chi connectivity index (χ2n) is 11.6. The quantitative estimate of drug-likeness (QED) is 0.245. The Labute approximate surface area is 225 Å². The molecule has 0 saturated carbocycles. The number of nitrogens with zero attached hydrogens (tertiary/aromatic N) is 5. The fourth-order valence-electron chi connectivity index (χ4n) is 4.02. The summed E-state index contributed by atoms with van der Waals surface area (Å²) in [6.07, 6.45) is 11.4. The molecule has 7 heteroatoms. The van der Waals surface area contributed by atoms with Crippen LogP contribution >= 0.6 is 0 Å². The van der Waals surface area contributed by atoms with Gasteiger partial charge in [0.2, 0.25) is 0 Å². The van der Waals surface area contributed by atoms with E-state index in [4.69, 9.17) is 20.9 Å². The van der Waals surface area contributed by atoms with Crippen molar-refractivity contribution in [3.63, 3.8) is 0 Å². The predicted molar refractivity (Wildman–Crippen MR) is 154 cm³/mol. The molecule has 0 aliphatic heterocycles. The first-order valence-corrected chi connectivity index (χ1v) is 12.9. The molecule has 4 aromatic rings. The molecule has 0 atom stereocenters. The van der Waals surface area contributed by atoms with E-state index in [-0.39, 0.29) is 17.2 Å². The van der Waals surface area contributed by atoms with Crippen LogP contribution in [0.3, 0.4) is 0 Å². The van der Waals surface area contributed by atoms with Gasteiger partial charge in [-0.15, -0.1) is 6.42 Å². The number of ether oxygens (including phenoxy) is 2. The van der Waals surface area contributed by atoms with Crippen LogP contribution in [0.1, 0.15) is 61.4 Å². The third-order valence-corrected chi connectivity index (χ3v) is 5.54. The first kappa shape index (κ1) is 27.0. The maximum absolute atomic E-state index is 6.23. The van der Waals surface area contributed by atoms with E-state index < -0.39 is 0 Å². The first-order chi connectivity index (χ1) is 17.8. The molecule has 2 aromatic carbocycles. The van der Waals surface area contributed by atoms with Gasteiger partial charge in [-0.1, -0.05) is 5.92 Å². The monoisotopic (exact) mass is 511 g/mol. The summed E-state index contributed by atoms with van der Waals surface area (Å²) >= 11 is 0. The third-order valence-electron chi connectivity index (χ3n) is 5.54. The smallest absolute Gasteiger partial charge is 0.125 e. The van der Waals surface area contributed by atoms with E-state index in [1.807, 2.05) is 95.0 Å². The summed E-state index contributed by atoms with van der Waals surface area (Å²) < 4.78 is 14.4. The highest BCUT2D eigenvalue weighted by Crippen LogP contribution is 2.36. The molecule has 0 bridgehead atoms. The number of hydrogen-bond donors (Lipinski definition) is 0. The molecule has 0 aliphatic rings. The highest BCUT2D eigenvalue weighted by atomic mass is 16.5. The summed E-state index contributed by atoms with van der Waals surface area (Å²) in [5.74, 6) is 4.22. The summed E-state index contributed by atoms with van der Waals surface area (Å²) in [4.78, 5) is 11.6. The standard InChI is InChI=1S/C31H37N5O2/c1-10-13-35(24-14-25(37-30(4,5)6)17-26(15-24)38-31(7,8)9)23-11-12-27-28(16-23)34-29(19-32-27)22-18-33-36(20-22)21(2)3/h1,11-12,14-21H,13H2,2-9H3. The second-order valence-corrected chi connectivity index (χ2v) is 11.6. The minimum atomic E-state index is -0.368. The molecule has 2 aromatic heterocycles. The van der Waals surface area contributed by atoms with Crippen molar-refractivity contribution < 1.29 is 9.47 Å². The summed E-state index contributed by atoms with van der Waals surface area (Å²) in [6, 6.07) is 12.2. The van der Waals surface area contributed by atoms with Gasteiger partial charge in [0.05, 0.1) is 35.7 Å². The molecule has 198 valence electrons. The van der Waals surface area contributed by atoms with E-state index in [0.717, 1.165) is 33.7 Å². The largest absolute Gasteiger partial charge is 0.488 e. The fourth-order valence-corrected chi connectivity index (χ4v) is 4.02. The number of terminal acetylenes is 1. The van der Waals surface area contributed by atoms with E-state index in [9.17, 15) is 0 Å². The second kappa shape index (κ2) is 10.4. The minimum absolute atomic E-state index is 0.270. The van der Waals surface area contributed by atoms with Gasteiger partial charge in [0, 0.05) is 47.4 Å². The number of fused-ring (bicyclic) bond motifs is 1. The van der Waals surface area contributed by atoms with Gasteiger partial charge in [0.1, 0.15) is 22.7 Å². The molecule has 0 aliphatic carbocycles. The number of hydrogen-bond acceptors (Lipinski definition) is 6. The van der Waals surface area contributed by atoms with Crippen molar-refractivity contribution in [2.24, 2.45) is 0 Å². The lowest BCUT2D eigenvalue weighted by atomic mass is 10.1. The molecule has 0 amide bonds. The first-order valence-electron chi connectivity index (χ1n) is 12.9. The van der Waals surface area contributed by atoms with Crippen LogP contribution in [0.5, 0.6) is 11.5 Å². The fraction of sp³-hybridized carbons (Fsp3) is 0.387. The van der Waals surface area contributed by atoms with Gasteiger partial charge in [-0.2, -0.15) is 5.10 Å². The molecule has 2 heterocycles. The van der Waals surface area contributed by atoms with Gasteiger partial charge in [-0.05, 0) is 73.6 Å². The van der Waals surface area contributed by atoms with Gasteiger partial charge in [0.15, 0.2) is 0 Å².